The smallest absolute Gasteiger partial charge is 0.246 e. The molecule has 1 aromatic heterocycles. The van der Waals surface area contributed by atoms with Gasteiger partial charge in [-0.15, -0.1) is 12.4 Å². The monoisotopic (exact) mass is 322 g/mol. The van der Waals surface area contributed by atoms with Crippen molar-refractivity contribution in [2.45, 2.75) is 44.6 Å². The summed E-state index contributed by atoms with van der Waals surface area (Å²) in [7, 11) is -3.51. The molecule has 2 N–H and O–H groups in total. The molecule has 1 aromatic rings. The summed E-state index contributed by atoms with van der Waals surface area (Å²) < 4.78 is 32.4. The van der Waals surface area contributed by atoms with E-state index in [0.29, 0.717) is 30.5 Å². The highest BCUT2D eigenvalue weighted by Crippen LogP contribution is 2.30. The minimum Gasteiger partial charge on any atom is -0.465 e. The highest BCUT2D eigenvalue weighted by molar-refractivity contribution is 7.89. The molecule has 1 saturated heterocycles. The van der Waals surface area contributed by atoms with Crippen molar-refractivity contribution < 1.29 is 12.8 Å². The molecule has 2 atom stereocenters. The van der Waals surface area contributed by atoms with Crippen molar-refractivity contribution in [1.82, 2.24) is 4.31 Å². The molecule has 1 fully saturated rings. The van der Waals surface area contributed by atoms with Gasteiger partial charge in [-0.2, -0.15) is 4.31 Å². The van der Waals surface area contributed by atoms with Gasteiger partial charge in [-0.3, -0.25) is 0 Å². The molecule has 0 spiro atoms. The van der Waals surface area contributed by atoms with Gasteiger partial charge in [0.25, 0.3) is 0 Å². The highest BCUT2D eigenvalue weighted by atomic mass is 35.5. The topological polar surface area (TPSA) is 76.5 Å². The van der Waals surface area contributed by atoms with Crippen molar-refractivity contribution in [1.29, 1.82) is 0 Å². The van der Waals surface area contributed by atoms with Crippen LogP contribution in [0.5, 0.6) is 0 Å². The van der Waals surface area contributed by atoms with Gasteiger partial charge >= 0.3 is 0 Å². The van der Waals surface area contributed by atoms with E-state index in [-0.39, 0.29) is 23.3 Å². The Labute approximate surface area is 127 Å². The first-order valence-electron chi connectivity index (χ1n) is 6.67. The first kappa shape index (κ1) is 17.5. The lowest BCUT2D eigenvalue weighted by atomic mass is 9.93. The highest BCUT2D eigenvalue weighted by Gasteiger charge is 2.37. The normalized spacial score (nSPS) is 24.4. The molecule has 2 rings (SSSR count). The summed E-state index contributed by atoms with van der Waals surface area (Å²) in [5, 5.41) is 0. The molecule has 20 heavy (non-hydrogen) atoms. The zero-order valence-corrected chi connectivity index (χ0v) is 13.8. The Kier molecular flexibility index (Phi) is 5.66. The summed E-state index contributed by atoms with van der Waals surface area (Å²) >= 11 is 0. The largest absolute Gasteiger partial charge is 0.465 e. The summed E-state index contributed by atoms with van der Waals surface area (Å²) in [6, 6.07) is 1.48. The van der Waals surface area contributed by atoms with E-state index in [9.17, 15) is 8.42 Å². The second-order valence-corrected chi connectivity index (χ2v) is 7.17. The number of sulfonamides is 1. The Morgan fingerprint density at radius 3 is 2.60 bits per heavy atom. The van der Waals surface area contributed by atoms with Gasteiger partial charge in [0, 0.05) is 19.1 Å². The first-order valence-corrected chi connectivity index (χ1v) is 8.11. The van der Waals surface area contributed by atoms with Crippen LogP contribution in [0.4, 0.5) is 0 Å². The van der Waals surface area contributed by atoms with Crippen molar-refractivity contribution in [3.8, 4) is 0 Å². The molecule has 0 bridgehead atoms. The Bertz CT molecular complexity index is 556. The number of nitrogens with two attached hydrogens (primary N) is 1. The van der Waals surface area contributed by atoms with Crippen LogP contribution in [0.3, 0.4) is 0 Å². The SMILES string of the molecule is Cc1cc(S(=O)(=O)N2CCCC(C)C2CN)c(C)o1.Cl. The number of halogens is 1. The number of furan rings is 1. The fourth-order valence-corrected chi connectivity index (χ4v) is 4.84. The summed E-state index contributed by atoms with van der Waals surface area (Å²) in [6.45, 7) is 6.40. The quantitative estimate of drug-likeness (QED) is 0.924. The zero-order valence-electron chi connectivity index (χ0n) is 12.1. The molecule has 2 heterocycles. The van der Waals surface area contributed by atoms with Gasteiger partial charge in [-0.25, -0.2) is 8.42 Å². The Hall–Kier alpha value is -0.560. The van der Waals surface area contributed by atoms with E-state index < -0.39 is 10.0 Å². The van der Waals surface area contributed by atoms with Gasteiger partial charge < -0.3 is 10.2 Å². The molecule has 0 radical (unpaired) electrons. The minimum atomic E-state index is -3.51. The van der Waals surface area contributed by atoms with Crippen LogP contribution in [-0.4, -0.2) is 31.9 Å². The van der Waals surface area contributed by atoms with E-state index in [2.05, 4.69) is 6.92 Å². The summed E-state index contributed by atoms with van der Waals surface area (Å²) in [5.74, 6) is 1.36. The van der Waals surface area contributed by atoms with Gasteiger partial charge in [0.1, 0.15) is 16.4 Å². The van der Waals surface area contributed by atoms with Crippen LogP contribution in [0.2, 0.25) is 0 Å². The van der Waals surface area contributed by atoms with E-state index in [0.717, 1.165) is 12.8 Å². The summed E-state index contributed by atoms with van der Waals surface area (Å²) in [6.07, 6.45) is 1.91. The minimum absolute atomic E-state index is 0. The number of nitrogens with zero attached hydrogens (tertiary/aromatic N) is 1. The number of hydrogen-bond acceptors (Lipinski definition) is 4. The lowest BCUT2D eigenvalue weighted by Crippen LogP contribution is -2.51. The molecule has 1 aliphatic heterocycles. The third-order valence-corrected chi connectivity index (χ3v) is 5.92. The average molecular weight is 323 g/mol. The van der Waals surface area contributed by atoms with Crippen LogP contribution >= 0.6 is 12.4 Å². The average Bonchev–Trinajstić information content (AvgIpc) is 2.68. The van der Waals surface area contributed by atoms with E-state index in [1.165, 1.54) is 0 Å². The number of hydrogen-bond donors (Lipinski definition) is 1. The van der Waals surface area contributed by atoms with Gasteiger partial charge in [-0.05, 0) is 38.7 Å². The van der Waals surface area contributed by atoms with Crippen LogP contribution in [0.15, 0.2) is 15.4 Å². The van der Waals surface area contributed by atoms with Crippen molar-refractivity contribution >= 4 is 22.4 Å². The van der Waals surface area contributed by atoms with Crippen LogP contribution in [0, 0.1) is 19.8 Å². The van der Waals surface area contributed by atoms with Gasteiger partial charge in [0.15, 0.2) is 0 Å². The second kappa shape index (κ2) is 6.47. The molecule has 7 heteroatoms. The Balaban J connectivity index is 0.00000200. The van der Waals surface area contributed by atoms with Crippen molar-refractivity contribution in [2.75, 3.05) is 13.1 Å². The molecule has 116 valence electrons. The molecular formula is C13H23ClN2O3S. The predicted molar refractivity (Wildman–Crippen MR) is 80.6 cm³/mol. The van der Waals surface area contributed by atoms with Crippen LogP contribution in [0.25, 0.3) is 0 Å². The fourth-order valence-electron chi connectivity index (χ4n) is 2.85. The molecule has 0 amide bonds. The first-order chi connectivity index (χ1) is 8.87. The predicted octanol–water partition coefficient (Wildman–Crippen LogP) is 2.07. The molecule has 0 aromatic carbocycles. The van der Waals surface area contributed by atoms with Gasteiger partial charge in [0.05, 0.1) is 0 Å². The number of rotatable bonds is 3. The molecule has 5 nitrogen and oxygen atoms in total. The number of piperidine rings is 1. The van der Waals surface area contributed by atoms with E-state index in [1.807, 2.05) is 0 Å². The van der Waals surface area contributed by atoms with Crippen LogP contribution < -0.4 is 5.73 Å². The molecule has 1 aliphatic rings. The van der Waals surface area contributed by atoms with Gasteiger partial charge in [-0.1, -0.05) is 6.92 Å². The molecule has 0 aliphatic carbocycles. The lowest BCUT2D eigenvalue weighted by molar-refractivity contribution is 0.192. The third-order valence-electron chi connectivity index (χ3n) is 3.89. The summed E-state index contributed by atoms with van der Waals surface area (Å²) in [5.41, 5.74) is 5.77. The lowest BCUT2D eigenvalue weighted by Gasteiger charge is -2.38. The molecular weight excluding hydrogens is 300 g/mol. The van der Waals surface area contributed by atoms with Crippen molar-refractivity contribution in [3.63, 3.8) is 0 Å². The molecule has 0 saturated carbocycles. The van der Waals surface area contributed by atoms with E-state index in [1.54, 1.807) is 24.2 Å². The van der Waals surface area contributed by atoms with Crippen LogP contribution in [0.1, 0.15) is 31.3 Å². The zero-order chi connectivity index (χ0) is 14.2. The third kappa shape index (κ3) is 3.03. The van der Waals surface area contributed by atoms with E-state index in [4.69, 9.17) is 10.2 Å². The maximum atomic E-state index is 12.7. The maximum Gasteiger partial charge on any atom is 0.246 e. The van der Waals surface area contributed by atoms with Crippen molar-refractivity contribution in [2.24, 2.45) is 11.7 Å². The van der Waals surface area contributed by atoms with Crippen molar-refractivity contribution in [3.05, 3.63) is 17.6 Å². The van der Waals surface area contributed by atoms with Gasteiger partial charge in [0.2, 0.25) is 10.0 Å². The van der Waals surface area contributed by atoms with E-state index >= 15 is 0 Å². The van der Waals surface area contributed by atoms with Crippen LogP contribution in [-0.2, 0) is 10.0 Å². The Morgan fingerprint density at radius 1 is 1.45 bits per heavy atom. The summed E-state index contributed by atoms with van der Waals surface area (Å²) in [4.78, 5) is 0.276. The molecule has 2 unspecified atom stereocenters. The fraction of sp³-hybridized carbons (Fsp3) is 0.692. The maximum absolute atomic E-state index is 12.7. The second-order valence-electron chi connectivity index (χ2n) is 5.32. The standard InChI is InChI=1S/C13H22N2O3S.ClH/c1-9-5-4-6-15(12(9)8-14)19(16,17)13-7-10(2)18-11(13)3;/h7,9,12H,4-6,8,14H2,1-3H3;1H. The number of aryl methyl sites for hydroxylation is 2. The Morgan fingerprint density at radius 2 is 2.10 bits per heavy atom.